The van der Waals surface area contributed by atoms with Gasteiger partial charge in [0.1, 0.15) is 5.75 Å². The molecule has 1 aliphatic carbocycles. The van der Waals surface area contributed by atoms with Crippen LogP contribution in [0.1, 0.15) is 43.2 Å². The van der Waals surface area contributed by atoms with Crippen molar-refractivity contribution in [2.24, 2.45) is 0 Å². The van der Waals surface area contributed by atoms with E-state index in [2.05, 4.69) is 5.32 Å². The second kappa shape index (κ2) is 7.46. The van der Waals surface area contributed by atoms with E-state index in [9.17, 15) is 9.90 Å². The first-order valence-electron chi connectivity index (χ1n) is 7.74. The van der Waals surface area contributed by atoms with Crippen molar-refractivity contribution in [1.82, 2.24) is 5.32 Å². The van der Waals surface area contributed by atoms with Gasteiger partial charge < -0.3 is 15.2 Å². The van der Waals surface area contributed by atoms with Crippen LogP contribution >= 0.6 is 0 Å². The van der Waals surface area contributed by atoms with Gasteiger partial charge in [-0.1, -0.05) is 25.0 Å². The van der Waals surface area contributed by atoms with Crippen molar-refractivity contribution in [2.75, 3.05) is 6.61 Å². The van der Waals surface area contributed by atoms with E-state index < -0.39 is 6.10 Å². The minimum Gasteiger partial charge on any atom is -0.493 e. The van der Waals surface area contributed by atoms with Crippen LogP contribution in [0.25, 0.3) is 0 Å². The summed E-state index contributed by atoms with van der Waals surface area (Å²) in [5.74, 6) is 0.784. The molecule has 1 amide bonds. The van der Waals surface area contributed by atoms with Gasteiger partial charge >= 0.3 is 0 Å². The van der Waals surface area contributed by atoms with Gasteiger partial charge in [-0.2, -0.15) is 0 Å². The number of ether oxygens (including phenoxy) is 1. The number of carbonyl (C=O) groups excluding carboxylic acids is 1. The predicted molar refractivity (Wildman–Crippen MR) is 82.4 cm³/mol. The molecular formula is C17H25NO3. The first kappa shape index (κ1) is 15.8. The summed E-state index contributed by atoms with van der Waals surface area (Å²) in [6, 6.07) is 5.95. The molecule has 2 atom stereocenters. The van der Waals surface area contributed by atoms with Crippen LogP contribution in [0.3, 0.4) is 0 Å². The normalized spacial score (nSPS) is 21.9. The predicted octanol–water partition coefficient (Wildman–Crippen LogP) is 2.49. The maximum Gasteiger partial charge on any atom is 0.223 e. The molecule has 0 heterocycles. The third-order valence-electron chi connectivity index (χ3n) is 4.01. The molecule has 2 N–H and O–H groups in total. The molecule has 1 aliphatic rings. The Morgan fingerprint density at radius 3 is 2.86 bits per heavy atom. The Balaban J connectivity index is 1.75. The van der Waals surface area contributed by atoms with E-state index in [1.807, 2.05) is 32.0 Å². The average Bonchev–Trinajstić information content (AvgIpc) is 2.45. The lowest BCUT2D eigenvalue weighted by Crippen LogP contribution is -2.45. The second-order valence-electron chi connectivity index (χ2n) is 5.89. The van der Waals surface area contributed by atoms with Crippen molar-refractivity contribution in [3.8, 4) is 5.75 Å². The van der Waals surface area contributed by atoms with Crippen molar-refractivity contribution < 1.29 is 14.6 Å². The van der Waals surface area contributed by atoms with Crippen molar-refractivity contribution in [3.05, 3.63) is 29.3 Å². The summed E-state index contributed by atoms with van der Waals surface area (Å²) in [5, 5.41) is 12.8. The molecule has 1 saturated carbocycles. The number of rotatable bonds is 5. The lowest BCUT2D eigenvalue weighted by Gasteiger charge is -2.28. The van der Waals surface area contributed by atoms with E-state index in [-0.39, 0.29) is 11.9 Å². The number of hydrogen-bond donors (Lipinski definition) is 2. The molecule has 0 aliphatic heterocycles. The summed E-state index contributed by atoms with van der Waals surface area (Å²) >= 11 is 0. The van der Waals surface area contributed by atoms with Gasteiger partial charge in [0.15, 0.2) is 0 Å². The number of nitrogens with one attached hydrogen (secondary N) is 1. The number of aliphatic hydroxyl groups excluding tert-OH is 1. The number of carbonyl (C=O) groups is 1. The number of aryl methyl sites for hydroxylation is 2. The van der Waals surface area contributed by atoms with Gasteiger partial charge in [-0.3, -0.25) is 4.79 Å². The Labute approximate surface area is 126 Å². The molecule has 2 unspecified atom stereocenters. The van der Waals surface area contributed by atoms with Gasteiger partial charge in [0.05, 0.1) is 25.2 Å². The molecular weight excluding hydrogens is 266 g/mol. The molecule has 0 saturated heterocycles. The highest BCUT2D eigenvalue weighted by molar-refractivity contribution is 5.76. The summed E-state index contributed by atoms with van der Waals surface area (Å²) in [7, 11) is 0. The van der Waals surface area contributed by atoms with Crippen LogP contribution in [-0.2, 0) is 4.79 Å². The summed E-state index contributed by atoms with van der Waals surface area (Å²) in [4.78, 5) is 11.9. The highest BCUT2D eigenvalue weighted by Gasteiger charge is 2.24. The van der Waals surface area contributed by atoms with E-state index in [0.717, 1.165) is 42.6 Å². The Morgan fingerprint density at radius 1 is 1.33 bits per heavy atom. The van der Waals surface area contributed by atoms with Crippen LogP contribution in [-0.4, -0.2) is 29.8 Å². The first-order valence-corrected chi connectivity index (χ1v) is 7.74. The lowest BCUT2D eigenvalue weighted by molar-refractivity contribution is -0.123. The minimum absolute atomic E-state index is 0.0498. The van der Waals surface area contributed by atoms with Crippen molar-refractivity contribution >= 4 is 5.91 Å². The van der Waals surface area contributed by atoms with Gasteiger partial charge in [-0.15, -0.1) is 0 Å². The molecule has 4 nitrogen and oxygen atoms in total. The zero-order valence-corrected chi connectivity index (χ0v) is 12.9. The minimum atomic E-state index is -0.400. The van der Waals surface area contributed by atoms with Gasteiger partial charge in [-0.25, -0.2) is 0 Å². The number of aliphatic hydroxyl groups is 1. The second-order valence-corrected chi connectivity index (χ2v) is 5.89. The van der Waals surface area contributed by atoms with Gasteiger partial charge in [0.25, 0.3) is 0 Å². The third kappa shape index (κ3) is 4.74. The van der Waals surface area contributed by atoms with E-state index in [1.54, 1.807) is 0 Å². The molecule has 1 fully saturated rings. The van der Waals surface area contributed by atoms with E-state index >= 15 is 0 Å². The maximum atomic E-state index is 11.9. The summed E-state index contributed by atoms with van der Waals surface area (Å²) in [5.41, 5.74) is 2.22. The molecule has 4 heteroatoms. The first-order chi connectivity index (χ1) is 10.1. The average molecular weight is 291 g/mol. The van der Waals surface area contributed by atoms with E-state index in [0.29, 0.717) is 13.0 Å². The van der Waals surface area contributed by atoms with Gasteiger partial charge in [0, 0.05) is 0 Å². The number of hydrogen-bond acceptors (Lipinski definition) is 3. The van der Waals surface area contributed by atoms with Crippen LogP contribution in [0.4, 0.5) is 0 Å². The Morgan fingerprint density at radius 2 is 2.10 bits per heavy atom. The Hall–Kier alpha value is -1.55. The Kier molecular flexibility index (Phi) is 5.62. The third-order valence-corrected chi connectivity index (χ3v) is 4.01. The fraction of sp³-hybridized carbons (Fsp3) is 0.588. The highest BCUT2D eigenvalue weighted by atomic mass is 16.5. The van der Waals surface area contributed by atoms with Crippen molar-refractivity contribution in [2.45, 2.75) is 58.1 Å². The SMILES string of the molecule is Cc1ccc(C)c(OCCC(=O)NC2CCCCC2O)c1. The highest BCUT2D eigenvalue weighted by Crippen LogP contribution is 2.20. The number of benzene rings is 1. The summed E-state index contributed by atoms with van der Waals surface area (Å²) in [6.45, 7) is 4.37. The summed E-state index contributed by atoms with van der Waals surface area (Å²) in [6.07, 6.45) is 3.68. The van der Waals surface area contributed by atoms with E-state index in [4.69, 9.17) is 4.74 Å². The fourth-order valence-electron chi connectivity index (χ4n) is 2.68. The zero-order valence-electron chi connectivity index (χ0n) is 12.9. The van der Waals surface area contributed by atoms with Crippen LogP contribution in [0.15, 0.2) is 18.2 Å². The van der Waals surface area contributed by atoms with Crippen LogP contribution in [0, 0.1) is 13.8 Å². The maximum absolute atomic E-state index is 11.9. The standard InChI is InChI=1S/C17H25NO3/c1-12-7-8-13(2)16(11-12)21-10-9-17(20)18-14-5-3-4-6-15(14)19/h7-8,11,14-15,19H,3-6,9-10H2,1-2H3,(H,18,20). The van der Waals surface area contributed by atoms with Crippen LogP contribution in [0.2, 0.25) is 0 Å². The number of amides is 1. The van der Waals surface area contributed by atoms with Crippen LogP contribution in [0.5, 0.6) is 5.75 Å². The topological polar surface area (TPSA) is 58.6 Å². The zero-order chi connectivity index (χ0) is 15.2. The lowest BCUT2D eigenvalue weighted by atomic mass is 9.92. The Bertz CT molecular complexity index is 487. The fourth-order valence-corrected chi connectivity index (χ4v) is 2.68. The molecule has 0 bridgehead atoms. The van der Waals surface area contributed by atoms with Gasteiger partial charge in [0.2, 0.25) is 5.91 Å². The molecule has 116 valence electrons. The molecule has 21 heavy (non-hydrogen) atoms. The van der Waals surface area contributed by atoms with Crippen molar-refractivity contribution in [3.63, 3.8) is 0 Å². The van der Waals surface area contributed by atoms with E-state index in [1.165, 1.54) is 0 Å². The smallest absolute Gasteiger partial charge is 0.223 e. The summed E-state index contributed by atoms with van der Waals surface area (Å²) < 4.78 is 5.68. The van der Waals surface area contributed by atoms with Crippen LogP contribution < -0.4 is 10.1 Å². The molecule has 1 aromatic rings. The molecule has 1 aromatic carbocycles. The molecule has 0 radical (unpaired) electrons. The molecule has 0 spiro atoms. The van der Waals surface area contributed by atoms with Crippen molar-refractivity contribution in [1.29, 1.82) is 0 Å². The molecule has 2 rings (SSSR count). The largest absolute Gasteiger partial charge is 0.493 e. The monoisotopic (exact) mass is 291 g/mol. The molecule has 0 aromatic heterocycles. The van der Waals surface area contributed by atoms with Gasteiger partial charge in [-0.05, 0) is 43.9 Å². The quantitative estimate of drug-likeness (QED) is 0.876.